The molecule has 6 heteroatoms. The fourth-order valence-corrected chi connectivity index (χ4v) is 4.30. The first kappa shape index (κ1) is 17.8. The molecule has 0 saturated heterocycles. The Balaban J connectivity index is 1.62. The minimum Gasteiger partial charge on any atom is -0.393 e. The number of hydrogen-bond donors (Lipinski definition) is 2. The van der Waals surface area contributed by atoms with Gasteiger partial charge in [0.2, 0.25) is 0 Å². The van der Waals surface area contributed by atoms with E-state index in [-0.39, 0.29) is 29.8 Å². The van der Waals surface area contributed by atoms with E-state index in [1.165, 1.54) is 18.3 Å². The topological polar surface area (TPSA) is 79.3 Å². The number of thiophene rings is 1. The van der Waals surface area contributed by atoms with Gasteiger partial charge in [0.15, 0.2) is 5.78 Å². The zero-order valence-electron chi connectivity index (χ0n) is 14.9. The third-order valence-electron chi connectivity index (χ3n) is 5.06. The van der Waals surface area contributed by atoms with Gasteiger partial charge in [-0.05, 0) is 55.5 Å². The first-order valence-corrected chi connectivity index (χ1v) is 9.77. The van der Waals surface area contributed by atoms with Gasteiger partial charge in [-0.25, -0.2) is 0 Å². The summed E-state index contributed by atoms with van der Waals surface area (Å²) in [5.41, 5.74) is 1.84. The molecule has 2 N–H and O–H groups in total. The van der Waals surface area contributed by atoms with E-state index in [1.807, 2.05) is 30.3 Å². The number of nitrogens with zero attached hydrogens (tertiary/aromatic N) is 1. The maximum atomic E-state index is 12.8. The third-order valence-corrected chi connectivity index (χ3v) is 6.24. The van der Waals surface area contributed by atoms with Crippen LogP contribution < -0.4 is 5.32 Å². The summed E-state index contributed by atoms with van der Waals surface area (Å²) in [6.45, 7) is 1.49. The molecule has 2 heterocycles. The SMILES string of the molecule is CC(=O)c1ccc(C(=O)N[C@@H](c2cnc3ccccc3c2)C2CC(O)C2)s1. The monoisotopic (exact) mass is 380 g/mol. The van der Waals surface area contributed by atoms with Gasteiger partial charge in [0, 0.05) is 11.6 Å². The first-order chi connectivity index (χ1) is 13.0. The fraction of sp³-hybridized carbons (Fsp3) is 0.286. The van der Waals surface area contributed by atoms with Crippen molar-refractivity contribution in [3.05, 3.63) is 64.0 Å². The summed E-state index contributed by atoms with van der Waals surface area (Å²) in [6, 6.07) is 13.1. The lowest BCUT2D eigenvalue weighted by atomic mass is 9.75. The van der Waals surface area contributed by atoms with Gasteiger partial charge in [-0.3, -0.25) is 14.6 Å². The van der Waals surface area contributed by atoms with E-state index < -0.39 is 0 Å². The molecule has 138 valence electrons. The molecule has 27 heavy (non-hydrogen) atoms. The van der Waals surface area contributed by atoms with Crippen LogP contribution in [0.4, 0.5) is 0 Å². The number of pyridine rings is 1. The molecule has 1 fully saturated rings. The molecular weight excluding hydrogens is 360 g/mol. The number of aliphatic hydroxyl groups excluding tert-OH is 1. The largest absolute Gasteiger partial charge is 0.393 e. The predicted molar refractivity (Wildman–Crippen MR) is 105 cm³/mol. The number of Topliss-reactive ketones (excluding diaryl/α,β-unsaturated/α-hetero) is 1. The van der Waals surface area contributed by atoms with Crippen molar-refractivity contribution in [2.75, 3.05) is 0 Å². The number of rotatable bonds is 5. The summed E-state index contributed by atoms with van der Waals surface area (Å²) in [7, 11) is 0. The van der Waals surface area contributed by atoms with Gasteiger partial charge in [0.05, 0.1) is 27.4 Å². The van der Waals surface area contributed by atoms with Crippen LogP contribution in [0.15, 0.2) is 48.7 Å². The number of fused-ring (bicyclic) bond motifs is 1. The van der Waals surface area contributed by atoms with Gasteiger partial charge in [0.25, 0.3) is 5.91 Å². The van der Waals surface area contributed by atoms with Crippen molar-refractivity contribution in [1.29, 1.82) is 0 Å². The van der Waals surface area contributed by atoms with Crippen LogP contribution in [-0.4, -0.2) is 27.9 Å². The van der Waals surface area contributed by atoms with E-state index >= 15 is 0 Å². The molecule has 0 radical (unpaired) electrons. The predicted octanol–water partition coefficient (Wildman–Crippen LogP) is 3.74. The highest BCUT2D eigenvalue weighted by Crippen LogP contribution is 2.38. The standard InChI is InChI=1S/C21H20N2O3S/c1-12(24)18-6-7-19(27-18)21(26)23-20(14-9-16(25)10-14)15-8-13-4-2-3-5-17(13)22-11-15/h2-8,11,14,16,20,25H,9-10H2,1H3,(H,23,26)/t14?,16?,20-/m1/s1. The number of aliphatic hydroxyl groups is 1. The molecular formula is C21H20N2O3S. The van der Waals surface area contributed by atoms with Crippen molar-refractivity contribution in [3.63, 3.8) is 0 Å². The highest BCUT2D eigenvalue weighted by atomic mass is 32.1. The van der Waals surface area contributed by atoms with Crippen molar-refractivity contribution >= 4 is 33.9 Å². The Morgan fingerprint density at radius 3 is 2.63 bits per heavy atom. The van der Waals surface area contributed by atoms with E-state index in [9.17, 15) is 14.7 Å². The highest BCUT2D eigenvalue weighted by Gasteiger charge is 2.36. The maximum absolute atomic E-state index is 12.8. The quantitative estimate of drug-likeness (QED) is 0.661. The van der Waals surface area contributed by atoms with Gasteiger partial charge >= 0.3 is 0 Å². The first-order valence-electron chi connectivity index (χ1n) is 8.95. The second kappa shape index (κ2) is 7.21. The Morgan fingerprint density at radius 1 is 1.19 bits per heavy atom. The second-order valence-corrected chi connectivity index (χ2v) is 8.10. The average molecular weight is 380 g/mol. The summed E-state index contributed by atoms with van der Waals surface area (Å²) in [4.78, 5) is 29.8. The molecule has 1 aliphatic carbocycles. The molecule has 0 spiro atoms. The van der Waals surface area contributed by atoms with Crippen molar-refractivity contribution in [2.45, 2.75) is 31.9 Å². The van der Waals surface area contributed by atoms with Gasteiger partial charge < -0.3 is 10.4 Å². The lowest BCUT2D eigenvalue weighted by molar-refractivity contribution is 0.0235. The summed E-state index contributed by atoms with van der Waals surface area (Å²) in [6.07, 6.45) is 2.80. The minimum atomic E-state index is -0.311. The van der Waals surface area contributed by atoms with Crippen molar-refractivity contribution in [1.82, 2.24) is 10.3 Å². The molecule has 3 aromatic rings. The van der Waals surface area contributed by atoms with Crippen molar-refractivity contribution in [3.8, 4) is 0 Å². The van der Waals surface area contributed by atoms with Crippen LogP contribution in [0.1, 0.15) is 50.7 Å². The van der Waals surface area contributed by atoms with E-state index in [4.69, 9.17) is 0 Å². The third kappa shape index (κ3) is 3.63. The zero-order chi connectivity index (χ0) is 19.0. The summed E-state index contributed by atoms with van der Waals surface area (Å²) < 4.78 is 0. The molecule has 5 nitrogen and oxygen atoms in total. The Labute approximate surface area is 161 Å². The Hall–Kier alpha value is -2.57. The molecule has 1 aromatic carbocycles. The van der Waals surface area contributed by atoms with E-state index in [0.29, 0.717) is 22.6 Å². The Bertz CT molecular complexity index is 1010. The number of aromatic nitrogens is 1. The van der Waals surface area contributed by atoms with Crippen LogP contribution in [-0.2, 0) is 0 Å². The maximum Gasteiger partial charge on any atom is 0.261 e. The highest BCUT2D eigenvalue weighted by molar-refractivity contribution is 7.15. The van der Waals surface area contributed by atoms with Crippen LogP contribution in [0.2, 0.25) is 0 Å². The van der Waals surface area contributed by atoms with Gasteiger partial charge in [-0.2, -0.15) is 0 Å². The summed E-state index contributed by atoms with van der Waals surface area (Å²) in [5, 5.41) is 13.9. The second-order valence-electron chi connectivity index (χ2n) is 7.02. The molecule has 0 unspecified atom stereocenters. The number of para-hydroxylation sites is 1. The van der Waals surface area contributed by atoms with Crippen LogP contribution in [0.25, 0.3) is 10.9 Å². The molecule has 2 aromatic heterocycles. The van der Waals surface area contributed by atoms with Crippen molar-refractivity contribution in [2.24, 2.45) is 5.92 Å². The van der Waals surface area contributed by atoms with Crippen LogP contribution in [0, 0.1) is 5.92 Å². The number of hydrogen-bond acceptors (Lipinski definition) is 5. The zero-order valence-corrected chi connectivity index (χ0v) is 15.7. The Kier molecular flexibility index (Phi) is 4.76. The normalized spacial score (nSPS) is 20.1. The van der Waals surface area contributed by atoms with Crippen molar-refractivity contribution < 1.29 is 14.7 Å². The van der Waals surface area contributed by atoms with E-state index in [2.05, 4.69) is 10.3 Å². The number of carbonyl (C=O) groups is 2. The molecule has 1 saturated carbocycles. The van der Waals surface area contributed by atoms with Gasteiger partial charge in [0.1, 0.15) is 0 Å². The number of amides is 1. The van der Waals surface area contributed by atoms with Crippen LogP contribution in [0.3, 0.4) is 0 Å². The smallest absolute Gasteiger partial charge is 0.261 e. The number of ketones is 1. The van der Waals surface area contributed by atoms with E-state index in [1.54, 1.807) is 18.3 Å². The lowest BCUT2D eigenvalue weighted by Crippen LogP contribution is -2.41. The molecule has 1 atom stereocenters. The van der Waals surface area contributed by atoms with Gasteiger partial charge in [-0.1, -0.05) is 18.2 Å². The molecule has 1 aliphatic rings. The summed E-state index contributed by atoms with van der Waals surface area (Å²) in [5.74, 6) is -0.0809. The Morgan fingerprint density at radius 2 is 1.93 bits per heavy atom. The van der Waals surface area contributed by atoms with Crippen LogP contribution in [0.5, 0.6) is 0 Å². The number of carbonyl (C=O) groups excluding carboxylic acids is 2. The summed E-state index contributed by atoms with van der Waals surface area (Å²) >= 11 is 1.20. The van der Waals surface area contributed by atoms with Crippen LogP contribution >= 0.6 is 11.3 Å². The number of nitrogens with one attached hydrogen (secondary N) is 1. The van der Waals surface area contributed by atoms with Gasteiger partial charge in [-0.15, -0.1) is 11.3 Å². The molecule has 0 bridgehead atoms. The average Bonchev–Trinajstić information content (AvgIpc) is 3.14. The molecule has 0 aliphatic heterocycles. The lowest BCUT2D eigenvalue weighted by Gasteiger charge is -2.38. The fourth-order valence-electron chi connectivity index (χ4n) is 3.50. The van der Waals surface area contributed by atoms with E-state index in [0.717, 1.165) is 16.5 Å². The minimum absolute atomic E-state index is 0.0450. The molecule has 4 rings (SSSR count). The number of benzene rings is 1. The molecule has 1 amide bonds.